The molecule has 164 valence electrons. The van der Waals surface area contributed by atoms with Crippen LogP contribution in [-0.2, 0) is 23.3 Å². The van der Waals surface area contributed by atoms with Gasteiger partial charge in [0.15, 0.2) is 0 Å². The SMILES string of the molecule is Cc1nnc2n1CCN(CC(=O)NC13CC4CC(C1)CC(c1ccc(F)cc1)(C4)C3)C2. The van der Waals surface area contributed by atoms with Crippen LogP contribution in [0.1, 0.15) is 55.7 Å². The number of nitrogens with zero attached hydrogens (tertiary/aromatic N) is 4. The molecule has 7 rings (SSSR count). The zero-order valence-corrected chi connectivity index (χ0v) is 18.1. The second kappa shape index (κ2) is 6.86. The Bertz CT molecular complexity index is 1000. The second-order valence-corrected chi connectivity index (χ2v) is 10.6. The fourth-order valence-corrected chi connectivity index (χ4v) is 7.58. The van der Waals surface area contributed by atoms with Crippen LogP contribution >= 0.6 is 0 Å². The number of benzene rings is 1. The van der Waals surface area contributed by atoms with Crippen LogP contribution in [0, 0.1) is 24.6 Å². The maximum absolute atomic E-state index is 13.6. The molecule has 1 N–H and O–H groups in total. The van der Waals surface area contributed by atoms with Gasteiger partial charge in [0.2, 0.25) is 5.91 Å². The van der Waals surface area contributed by atoms with E-state index < -0.39 is 0 Å². The van der Waals surface area contributed by atoms with Gasteiger partial charge in [-0.25, -0.2) is 4.39 Å². The van der Waals surface area contributed by atoms with Crippen molar-refractivity contribution in [3.8, 4) is 0 Å². The zero-order chi connectivity index (χ0) is 21.2. The lowest BCUT2D eigenvalue weighted by Crippen LogP contribution is -2.65. The molecule has 31 heavy (non-hydrogen) atoms. The maximum atomic E-state index is 13.6. The third-order valence-corrected chi connectivity index (χ3v) is 8.31. The van der Waals surface area contributed by atoms with Gasteiger partial charge in [-0.2, -0.15) is 0 Å². The molecule has 6 nitrogen and oxygen atoms in total. The monoisotopic (exact) mass is 423 g/mol. The van der Waals surface area contributed by atoms with Gasteiger partial charge in [-0.05, 0) is 80.4 Å². The lowest BCUT2D eigenvalue weighted by atomic mass is 9.45. The average Bonchev–Trinajstić information content (AvgIpc) is 3.07. The predicted molar refractivity (Wildman–Crippen MR) is 114 cm³/mol. The first-order valence-corrected chi connectivity index (χ1v) is 11.6. The third kappa shape index (κ3) is 3.28. The van der Waals surface area contributed by atoms with Crippen LogP contribution in [0.5, 0.6) is 0 Å². The second-order valence-electron chi connectivity index (χ2n) is 10.6. The number of nitrogens with one attached hydrogen (secondary N) is 1. The van der Waals surface area contributed by atoms with Crippen molar-refractivity contribution in [1.82, 2.24) is 25.0 Å². The average molecular weight is 424 g/mol. The van der Waals surface area contributed by atoms with Crippen LogP contribution < -0.4 is 5.32 Å². The summed E-state index contributed by atoms with van der Waals surface area (Å²) >= 11 is 0. The van der Waals surface area contributed by atoms with Crippen molar-refractivity contribution in [3.63, 3.8) is 0 Å². The summed E-state index contributed by atoms with van der Waals surface area (Å²) in [6, 6.07) is 7.14. The van der Waals surface area contributed by atoms with Gasteiger partial charge in [0.05, 0.1) is 13.1 Å². The van der Waals surface area contributed by atoms with Crippen molar-refractivity contribution in [2.24, 2.45) is 11.8 Å². The topological polar surface area (TPSA) is 63.1 Å². The first kappa shape index (κ1) is 19.4. The Kier molecular flexibility index (Phi) is 4.29. The number of rotatable bonds is 4. The van der Waals surface area contributed by atoms with Crippen molar-refractivity contribution < 1.29 is 9.18 Å². The largest absolute Gasteiger partial charge is 0.350 e. The van der Waals surface area contributed by atoms with Gasteiger partial charge in [0.25, 0.3) is 0 Å². The molecule has 2 atom stereocenters. The van der Waals surface area contributed by atoms with E-state index in [1.165, 1.54) is 24.8 Å². The number of halogens is 1. The highest BCUT2D eigenvalue weighted by Crippen LogP contribution is 2.62. The van der Waals surface area contributed by atoms with E-state index in [1.807, 2.05) is 19.1 Å². The highest BCUT2D eigenvalue weighted by atomic mass is 19.1. The molecule has 1 aromatic heterocycles. The third-order valence-electron chi connectivity index (χ3n) is 8.31. The predicted octanol–water partition coefficient (Wildman–Crippen LogP) is 2.95. The van der Waals surface area contributed by atoms with Gasteiger partial charge < -0.3 is 9.88 Å². The quantitative estimate of drug-likeness (QED) is 0.821. The summed E-state index contributed by atoms with van der Waals surface area (Å²) in [6.45, 7) is 4.74. The van der Waals surface area contributed by atoms with Crippen molar-refractivity contribution in [3.05, 3.63) is 47.3 Å². The van der Waals surface area contributed by atoms with Crippen LogP contribution in [-0.4, -0.2) is 44.2 Å². The molecule has 4 saturated carbocycles. The van der Waals surface area contributed by atoms with Gasteiger partial charge >= 0.3 is 0 Å². The molecule has 1 amide bonds. The number of carbonyl (C=O) groups excluding carboxylic acids is 1. The fraction of sp³-hybridized carbons (Fsp3) is 0.625. The lowest BCUT2D eigenvalue weighted by Gasteiger charge is -2.62. The molecule has 0 saturated heterocycles. The minimum atomic E-state index is -0.177. The fourth-order valence-electron chi connectivity index (χ4n) is 7.58. The molecule has 0 radical (unpaired) electrons. The highest BCUT2D eigenvalue weighted by molar-refractivity contribution is 5.79. The van der Waals surface area contributed by atoms with E-state index in [2.05, 4.69) is 25.0 Å². The molecule has 4 fully saturated rings. The van der Waals surface area contributed by atoms with E-state index in [1.54, 1.807) is 12.1 Å². The van der Waals surface area contributed by atoms with Crippen molar-refractivity contribution in [1.29, 1.82) is 0 Å². The van der Waals surface area contributed by atoms with Crippen LogP contribution in [0.25, 0.3) is 0 Å². The van der Waals surface area contributed by atoms with E-state index in [9.17, 15) is 9.18 Å². The standard InChI is InChI=1S/C24H30FN5O/c1-16-27-28-21-13-29(6-7-30(16)21)14-22(31)26-24-11-17-8-18(12-24)10-23(9-17,15-24)19-2-4-20(25)5-3-19/h2-5,17-18H,6-15H2,1H3,(H,26,31). The summed E-state index contributed by atoms with van der Waals surface area (Å²) < 4.78 is 15.7. The number of aryl methyl sites for hydroxylation is 1. The minimum absolute atomic E-state index is 0.0874. The minimum Gasteiger partial charge on any atom is -0.350 e. The Morgan fingerprint density at radius 2 is 1.87 bits per heavy atom. The summed E-state index contributed by atoms with van der Waals surface area (Å²) in [5.74, 6) is 3.15. The van der Waals surface area contributed by atoms with Crippen molar-refractivity contribution in [2.75, 3.05) is 13.1 Å². The molecule has 7 heteroatoms. The number of hydrogen-bond donors (Lipinski definition) is 1. The Labute approximate surface area is 182 Å². The zero-order valence-electron chi connectivity index (χ0n) is 18.1. The first-order valence-electron chi connectivity index (χ1n) is 11.6. The summed E-state index contributed by atoms with van der Waals surface area (Å²) in [5, 5.41) is 11.9. The lowest BCUT2D eigenvalue weighted by molar-refractivity contribution is -0.129. The molecule has 2 unspecified atom stereocenters. The first-order chi connectivity index (χ1) is 14.9. The smallest absolute Gasteiger partial charge is 0.234 e. The van der Waals surface area contributed by atoms with Crippen LogP contribution in [0.4, 0.5) is 4.39 Å². The van der Waals surface area contributed by atoms with Crippen LogP contribution in [0.2, 0.25) is 0 Å². The normalized spacial score (nSPS) is 34.0. The molecule has 4 bridgehead atoms. The van der Waals surface area contributed by atoms with Crippen LogP contribution in [0.15, 0.2) is 24.3 Å². The van der Waals surface area contributed by atoms with Crippen LogP contribution in [0.3, 0.4) is 0 Å². The summed E-state index contributed by atoms with van der Waals surface area (Å²) in [6.07, 6.45) is 6.79. The Morgan fingerprint density at radius 1 is 1.13 bits per heavy atom. The molecule has 2 aromatic rings. The molecule has 1 aromatic carbocycles. The molecule has 4 aliphatic carbocycles. The van der Waals surface area contributed by atoms with E-state index >= 15 is 0 Å². The van der Waals surface area contributed by atoms with Gasteiger partial charge in [-0.3, -0.25) is 9.69 Å². The van der Waals surface area contributed by atoms with Gasteiger partial charge in [-0.15, -0.1) is 10.2 Å². The number of amides is 1. The summed E-state index contributed by atoms with van der Waals surface area (Å²) in [4.78, 5) is 15.3. The van der Waals surface area contributed by atoms with Gasteiger partial charge in [0, 0.05) is 18.6 Å². The molecular formula is C24H30FN5O. The number of hydrogen-bond acceptors (Lipinski definition) is 4. The van der Waals surface area contributed by atoms with Crippen molar-refractivity contribution in [2.45, 2.75) is 69.5 Å². The molecule has 0 spiro atoms. The van der Waals surface area contributed by atoms with E-state index in [-0.39, 0.29) is 22.7 Å². The van der Waals surface area contributed by atoms with Crippen molar-refractivity contribution >= 4 is 5.91 Å². The molecule has 2 heterocycles. The summed E-state index contributed by atoms with van der Waals surface area (Å²) in [7, 11) is 0. The van der Waals surface area contributed by atoms with Gasteiger partial charge in [-0.1, -0.05) is 12.1 Å². The van der Waals surface area contributed by atoms with Gasteiger partial charge in [0.1, 0.15) is 17.5 Å². The highest BCUT2D eigenvalue weighted by Gasteiger charge is 2.58. The van der Waals surface area contributed by atoms with E-state index in [4.69, 9.17) is 0 Å². The Morgan fingerprint density at radius 3 is 2.61 bits per heavy atom. The van der Waals surface area contributed by atoms with E-state index in [0.29, 0.717) is 24.9 Å². The number of carbonyl (C=O) groups is 1. The maximum Gasteiger partial charge on any atom is 0.234 e. The number of fused-ring (bicyclic) bond motifs is 1. The Balaban J connectivity index is 1.18. The Hall–Kier alpha value is -2.28. The number of aromatic nitrogens is 3. The van der Waals surface area contributed by atoms with E-state index in [0.717, 1.165) is 44.0 Å². The molecule has 5 aliphatic rings. The molecular weight excluding hydrogens is 393 g/mol. The summed E-state index contributed by atoms with van der Waals surface area (Å²) in [5.41, 5.74) is 1.24. The molecule has 1 aliphatic heterocycles.